The van der Waals surface area contributed by atoms with Crippen molar-refractivity contribution >= 4 is 17.4 Å². The molecule has 4 heterocycles. The van der Waals surface area contributed by atoms with E-state index in [1.165, 1.54) is 16.9 Å². The van der Waals surface area contributed by atoms with Gasteiger partial charge in [0.25, 0.3) is 0 Å². The van der Waals surface area contributed by atoms with E-state index in [0.29, 0.717) is 0 Å². The zero-order valence-electron chi connectivity index (χ0n) is 18.0. The smallest absolute Gasteiger partial charge is 0.159 e. The van der Waals surface area contributed by atoms with Gasteiger partial charge in [-0.1, -0.05) is 11.6 Å². The molecule has 2 aliphatic heterocycles. The van der Waals surface area contributed by atoms with Gasteiger partial charge in [-0.3, -0.25) is 9.58 Å². The molecule has 3 aromatic rings. The fraction of sp³-hybridized carbons (Fsp3) is 0.435. The van der Waals surface area contributed by atoms with E-state index in [-0.39, 0.29) is 0 Å². The molecule has 0 amide bonds. The highest BCUT2D eigenvalue weighted by Crippen LogP contribution is 2.28. The fourth-order valence-electron chi connectivity index (χ4n) is 4.52. The Bertz CT molecular complexity index is 1070. The molecule has 0 bridgehead atoms. The minimum Gasteiger partial charge on any atom is -0.378 e. The van der Waals surface area contributed by atoms with Gasteiger partial charge >= 0.3 is 0 Å². The largest absolute Gasteiger partial charge is 0.378 e. The molecular formula is C23H27ClN6O. The van der Waals surface area contributed by atoms with Crippen molar-refractivity contribution in [3.05, 3.63) is 58.0 Å². The van der Waals surface area contributed by atoms with Crippen LogP contribution in [-0.2, 0) is 31.3 Å². The van der Waals surface area contributed by atoms with Crippen molar-refractivity contribution in [1.29, 1.82) is 0 Å². The lowest BCUT2D eigenvalue weighted by atomic mass is 10.1. The first-order chi connectivity index (χ1) is 15.1. The molecule has 8 heteroatoms. The standard InChI is InChI=1S/C23H27ClN6O/c1-16-20(23(28(2)27-16)30-9-11-31-12-10-30)15-29-8-7-21-18(14-29)13-25-22(26-21)17-3-5-19(24)6-4-17/h3-6,13H,7-12,14-15H2,1-2H3. The number of morpholine rings is 1. The zero-order valence-corrected chi connectivity index (χ0v) is 18.8. The van der Waals surface area contributed by atoms with Gasteiger partial charge < -0.3 is 9.64 Å². The van der Waals surface area contributed by atoms with Crippen molar-refractivity contribution in [2.75, 3.05) is 37.7 Å². The Morgan fingerprint density at radius 2 is 1.87 bits per heavy atom. The van der Waals surface area contributed by atoms with Crippen LogP contribution in [0.3, 0.4) is 0 Å². The van der Waals surface area contributed by atoms with Gasteiger partial charge in [0, 0.05) is 74.1 Å². The maximum Gasteiger partial charge on any atom is 0.159 e. The first-order valence-corrected chi connectivity index (χ1v) is 11.1. The van der Waals surface area contributed by atoms with Crippen LogP contribution in [0.2, 0.25) is 5.02 Å². The molecule has 0 saturated carbocycles. The molecule has 1 fully saturated rings. The van der Waals surface area contributed by atoms with E-state index in [9.17, 15) is 0 Å². The van der Waals surface area contributed by atoms with Gasteiger partial charge in [0.05, 0.1) is 24.6 Å². The van der Waals surface area contributed by atoms with Gasteiger partial charge in [0.15, 0.2) is 5.82 Å². The Kier molecular flexibility index (Phi) is 5.65. The summed E-state index contributed by atoms with van der Waals surface area (Å²) in [7, 11) is 2.04. The Balaban J connectivity index is 1.34. The van der Waals surface area contributed by atoms with E-state index >= 15 is 0 Å². The lowest BCUT2D eigenvalue weighted by Gasteiger charge is -2.32. The molecule has 0 N–H and O–H groups in total. The van der Waals surface area contributed by atoms with E-state index in [0.717, 1.165) is 80.2 Å². The van der Waals surface area contributed by atoms with Crippen LogP contribution in [0.1, 0.15) is 22.5 Å². The van der Waals surface area contributed by atoms with E-state index in [1.54, 1.807) is 0 Å². The van der Waals surface area contributed by atoms with Crippen LogP contribution in [0.25, 0.3) is 11.4 Å². The van der Waals surface area contributed by atoms with E-state index in [4.69, 9.17) is 26.4 Å². The van der Waals surface area contributed by atoms with Gasteiger partial charge in [-0.05, 0) is 31.2 Å². The second kappa shape index (κ2) is 8.57. The number of aromatic nitrogens is 4. The number of rotatable bonds is 4. The summed E-state index contributed by atoms with van der Waals surface area (Å²) in [5.41, 5.74) is 5.76. The van der Waals surface area contributed by atoms with Crippen LogP contribution in [-0.4, -0.2) is 57.5 Å². The molecule has 162 valence electrons. The summed E-state index contributed by atoms with van der Waals surface area (Å²) in [5, 5.41) is 5.44. The summed E-state index contributed by atoms with van der Waals surface area (Å²) < 4.78 is 7.57. The van der Waals surface area contributed by atoms with Gasteiger partial charge in [0.2, 0.25) is 0 Å². The van der Waals surface area contributed by atoms with Crippen LogP contribution >= 0.6 is 11.6 Å². The highest BCUT2D eigenvalue weighted by atomic mass is 35.5. The highest BCUT2D eigenvalue weighted by molar-refractivity contribution is 6.30. The third-order valence-electron chi connectivity index (χ3n) is 6.12. The van der Waals surface area contributed by atoms with Crippen molar-refractivity contribution < 1.29 is 4.74 Å². The van der Waals surface area contributed by atoms with Crippen LogP contribution in [0, 0.1) is 6.92 Å². The number of benzene rings is 1. The first kappa shape index (κ1) is 20.4. The lowest BCUT2D eigenvalue weighted by Crippen LogP contribution is -2.38. The summed E-state index contributed by atoms with van der Waals surface area (Å²) >= 11 is 6.01. The summed E-state index contributed by atoms with van der Waals surface area (Å²) in [6.07, 6.45) is 2.90. The zero-order chi connectivity index (χ0) is 21.4. The van der Waals surface area contributed by atoms with Crippen molar-refractivity contribution in [3.8, 4) is 11.4 Å². The molecule has 0 unspecified atom stereocenters. The molecule has 0 spiro atoms. The van der Waals surface area contributed by atoms with Crippen LogP contribution in [0.4, 0.5) is 5.82 Å². The van der Waals surface area contributed by atoms with Crippen LogP contribution < -0.4 is 4.90 Å². The predicted octanol–water partition coefficient (Wildman–Crippen LogP) is 3.23. The molecule has 1 saturated heterocycles. The molecule has 7 nitrogen and oxygen atoms in total. The summed E-state index contributed by atoms with van der Waals surface area (Å²) in [5.74, 6) is 1.99. The van der Waals surface area contributed by atoms with E-state index in [1.807, 2.05) is 42.2 Å². The SMILES string of the molecule is Cc1nn(C)c(N2CCOCC2)c1CN1CCc2nc(-c3ccc(Cl)cc3)ncc2C1. The van der Waals surface area contributed by atoms with Crippen LogP contribution in [0.15, 0.2) is 30.5 Å². The second-order valence-corrected chi connectivity index (χ2v) is 8.68. The van der Waals surface area contributed by atoms with E-state index < -0.39 is 0 Å². The highest BCUT2D eigenvalue weighted by Gasteiger charge is 2.25. The van der Waals surface area contributed by atoms with Crippen molar-refractivity contribution in [2.45, 2.75) is 26.4 Å². The summed E-state index contributed by atoms with van der Waals surface area (Å²) in [4.78, 5) is 14.3. The summed E-state index contributed by atoms with van der Waals surface area (Å²) in [6, 6.07) is 7.70. The molecular weight excluding hydrogens is 412 g/mol. The molecule has 31 heavy (non-hydrogen) atoms. The third kappa shape index (κ3) is 4.18. The number of aryl methyl sites for hydroxylation is 2. The quantitative estimate of drug-likeness (QED) is 0.623. The number of halogens is 1. The number of hydrogen-bond acceptors (Lipinski definition) is 6. The minimum atomic E-state index is 0.722. The molecule has 0 radical (unpaired) electrons. The Labute approximate surface area is 187 Å². The maximum absolute atomic E-state index is 6.01. The van der Waals surface area contributed by atoms with Gasteiger partial charge in [0.1, 0.15) is 5.82 Å². The monoisotopic (exact) mass is 438 g/mol. The first-order valence-electron chi connectivity index (χ1n) is 10.8. The Hall–Kier alpha value is -2.48. The summed E-state index contributed by atoms with van der Waals surface area (Å²) in [6.45, 7) is 8.19. The van der Waals surface area contributed by atoms with Gasteiger partial charge in [-0.25, -0.2) is 9.97 Å². The predicted molar refractivity (Wildman–Crippen MR) is 121 cm³/mol. The number of nitrogens with zero attached hydrogens (tertiary/aromatic N) is 6. The minimum absolute atomic E-state index is 0.722. The van der Waals surface area contributed by atoms with Crippen molar-refractivity contribution in [2.24, 2.45) is 7.05 Å². The molecule has 1 aromatic carbocycles. The molecule has 0 atom stereocenters. The molecule has 0 aliphatic carbocycles. The average Bonchev–Trinajstić information content (AvgIpc) is 3.07. The van der Waals surface area contributed by atoms with Crippen molar-refractivity contribution in [3.63, 3.8) is 0 Å². The second-order valence-electron chi connectivity index (χ2n) is 8.24. The maximum atomic E-state index is 6.01. The van der Waals surface area contributed by atoms with Gasteiger partial charge in [-0.15, -0.1) is 0 Å². The number of anilines is 1. The molecule has 5 rings (SSSR count). The molecule has 2 aromatic heterocycles. The normalized spacial score (nSPS) is 17.1. The Morgan fingerprint density at radius 1 is 1.10 bits per heavy atom. The average molecular weight is 439 g/mol. The number of ether oxygens (including phenoxy) is 1. The Morgan fingerprint density at radius 3 is 2.65 bits per heavy atom. The number of hydrogen-bond donors (Lipinski definition) is 0. The van der Waals surface area contributed by atoms with E-state index in [2.05, 4.69) is 21.7 Å². The molecule has 2 aliphatic rings. The lowest BCUT2D eigenvalue weighted by molar-refractivity contribution is 0.122. The number of fused-ring (bicyclic) bond motifs is 1. The third-order valence-corrected chi connectivity index (χ3v) is 6.37. The van der Waals surface area contributed by atoms with Crippen LogP contribution in [0.5, 0.6) is 0 Å². The van der Waals surface area contributed by atoms with Gasteiger partial charge in [-0.2, -0.15) is 5.10 Å². The van der Waals surface area contributed by atoms with Crippen molar-refractivity contribution in [1.82, 2.24) is 24.6 Å². The topological polar surface area (TPSA) is 59.3 Å². The fourth-order valence-corrected chi connectivity index (χ4v) is 4.64.